The Bertz CT molecular complexity index is 892. The van der Waals surface area contributed by atoms with Gasteiger partial charge in [0, 0.05) is 6.92 Å². The Hall–Kier alpha value is -2.87. The number of aliphatic carboxylic acids is 1. The molecule has 0 radical (unpaired) electrons. The molecule has 0 aliphatic rings. The van der Waals surface area contributed by atoms with Crippen molar-refractivity contribution in [2.45, 2.75) is 6.92 Å². The highest BCUT2D eigenvalue weighted by atomic mass is 16.4. The van der Waals surface area contributed by atoms with E-state index < -0.39 is 5.97 Å². The first-order valence-electron chi connectivity index (χ1n) is 7.15. The number of carboxylic acids is 1. The smallest absolute Gasteiger partial charge is 0.300 e. The van der Waals surface area contributed by atoms with Gasteiger partial charge >= 0.3 is 0 Å². The molecule has 108 valence electrons. The van der Waals surface area contributed by atoms with Gasteiger partial charge in [-0.05, 0) is 32.3 Å². The van der Waals surface area contributed by atoms with E-state index in [1.54, 1.807) is 0 Å². The molecule has 2 heteroatoms. The Morgan fingerprint density at radius 3 is 1.41 bits per heavy atom. The predicted molar refractivity (Wildman–Crippen MR) is 92.3 cm³/mol. The summed E-state index contributed by atoms with van der Waals surface area (Å²) in [6.07, 6.45) is 0. The third kappa shape index (κ3) is 2.63. The van der Waals surface area contributed by atoms with Gasteiger partial charge in [-0.2, -0.15) is 0 Å². The van der Waals surface area contributed by atoms with Gasteiger partial charge in [0.05, 0.1) is 0 Å². The summed E-state index contributed by atoms with van der Waals surface area (Å²) in [6, 6.07) is 26.0. The number of hydrogen-bond donors (Lipinski definition) is 1. The normalized spacial score (nSPS) is 10.4. The Morgan fingerprint density at radius 1 is 0.636 bits per heavy atom. The third-order valence-corrected chi connectivity index (χ3v) is 3.65. The number of fused-ring (bicyclic) bond motifs is 5. The molecule has 0 bridgehead atoms. The van der Waals surface area contributed by atoms with E-state index in [0.717, 1.165) is 6.92 Å². The number of rotatable bonds is 0. The zero-order valence-corrected chi connectivity index (χ0v) is 12.3. The molecule has 2 nitrogen and oxygen atoms in total. The predicted octanol–water partition coefficient (Wildman–Crippen LogP) is 5.24. The molecular formula is C20H16O2. The van der Waals surface area contributed by atoms with Crippen LogP contribution < -0.4 is 0 Å². The zero-order chi connectivity index (χ0) is 15.5. The van der Waals surface area contributed by atoms with Gasteiger partial charge in [0.2, 0.25) is 0 Å². The van der Waals surface area contributed by atoms with Crippen LogP contribution in [-0.4, -0.2) is 11.1 Å². The molecule has 0 aliphatic carbocycles. The van der Waals surface area contributed by atoms with E-state index >= 15 is 0 Å². The Morgan fingerprint density at radius 2 is 1.00 bits per heavy atom. The minimum absolute atomic E-state index is 0.833. The van der Waals surface area contributed by atoms with Gasteiger partial charge in [0.25, 0.3) is 5.97 Å². The quantitative estimate of drug-likeness (QED) is 0.449. The molecule has 0 aromatic heterocycles. The van der Waals surface area contributed by atoms with Crippen molar-refractivity contribution in [2.24, 2.45) is 0 Å². The molecule has 22 heavy (non-hydrogen) atoms. The lowest BCUT2D eigenvalue weighted by Crippen LogP contribution is -1.79. The minimum atomic E-state index is -0.833. The molecule has 0 spiro atoms. The van der Waals surface area contributed by atoms with Crippen molar-refractivity contribution in [3.63, 3.8) is 0 Å². The molecule has 0 saturated heterocycles. The minimum Gasteiger partial charge on any atom is -0.481 e. The first-order chi connectivity index (χ1) is 10.7. The summed E-state index contributed by atoms with van der Waals surface area (Å²) >= 11 is 0. The maximum Gasteiger partial charge on any atom is 0.300 e. The van der Waals surface area contributed by atoms with Crippen molar-refractivity contribution in [3.8, 4) is 0 Å². The largest absolute Gasteiger partial charge is 0.481 e. The van der Waals surface area contributed by atoms with E-state index in [-0.39, 0.29) is 0 Å². The summed E-state index contributed by atoms with van der Waals surface area (Å²) < 4.78 is 0. The molecule has 0 unspecified atom stereocenters. The monoisotopic (exact) mass is 288 g/mol. The first kappa shape index (κ1) is 14.1. The highest BCUT2D eigenvalue weighted by Crippen LogP contribution is 2.30. The van der Waals surface area contributed by atoms with Gasteiger partial charge in [-0.3, -0.25) is 4.79 Å². The van der Waals surface area contributed by atoms with Crippen molar-refractivity contribution in [2.75, 3.05) is 0 Å². The lowest BCUT2D eigenvalue weighted by Gasteiger charge is -2.07. The lowest BCUT2D eigenvalue weighted by molar-refractivity contribution is -0.134. The Labute approximate surface area is 128 Å². The number of hydrogen-bond acceptors (Lipinski definition) is 1. The molecule has 4 aromatic carbocycles. The number of carbonyl (C=O) groups is 1. The van der Waals surface area contributed by atoms with Crippen LogP contribution in [0.4, 0.5) is 0 Å². The van der Waals surface area contributed by atoms with Gasteiger partial charge in [0.1, 0.15) is 0 Å². The second kappa shape index (κ2) is 5.86. The van der Waals surface area contributed by atoms with Crippen LogP contribution in [0.25, 0.3) is 32.3 Å². The van der Waals surface area contributed by atoms with E-state index in [1.807, 2.05) is 0 Å². The maximum absolute atomic E-state index is 9.00. The van der Waals surface area contributed by atoms with E-state index in [2.05, 4.69) is 72.8 Å². The summed E-state index contributed by atoms with van der Waals surface area (Å²) in [6.45, 7) is 1.08. The third-order valence-electron chi connectivity index (χ3n) is 3.65. The molecule has 0 amide bonds. The molecule has 1 N–H and O–H groups in total. The van der Waals surface area contributed by atoms with Crippen LogP contribution in [0, 0.1) is 0 Å². The fraction of sp³-hybridized carbons (Fsp3) is 0.0500. The average molecular weight is 288 g/mol. The Balaban J connectivity index is 0.000000325. The van der Waals surface area contributed by atoms with Crippen molar-refractivity contribution < 1.29 is 9.90 Å². The number of carboxylic acid groups (broad SMARTS) is 1. The van der Waals surface area contributed by atoms with Crippen LogP contribution in [0.1, 0.15) is 6.92 Å². The SMILES string of the molecule is CC(=O)O.c1ccc2c(c1)ccc1c3ccccc3ccc21. The van der Waals surface area contributed by atoms with Crippen LogP contribution in [0.15, 0.2) is 72.8 Å². The van der Waals surface area contributed by atoms with Crippen molar-refractivity contribution in [1.29, 1.82) is 0 Å². The Kier molecular flexibility index (Phi) is 3.75. The average Bonchev–Trinajstić information content (AvgIpc) is 2.54. The van der Waals surface area contributed by atoms with Crippen LogP contribution in [0.2, 0.25) is 0 Å². The fourth-order valence-electron chi connectivity index (χ4n) is 2.77. The fourth-order valence-corrected chi connectivity index (χ4v) is 2.77. The second-order valence-electron chi connectivity index (χ2n) is 5.19. The first-order valence-corrected chi connectivity index (χ1v) is 7.15. The van der Waals surface area contributed by atoms with Gasteiger partial charge in [-0.1, -0.05) is 72.8 Å². The summed E-state index contributed by atoms with van der Waals surface area (Å²) in [5.41, 5.74) is 0. The molecule has 0 atom stereocenters. The highest BCUT2D eigenvalue weighted by molar-refractivity contribution is 6.17. The molecule has 0 fully saturated rings. The van der Waals surface area contributed by atoms with Gasteiger partial charge in [-0.15, -0.1) is 0 Å². The lowest BCUT2D eigenvalue weighted by atomic mass is 9.97. The molecule has 0 aliphatic heterocycles. The van der Waals surface area contributed by atoms with Crippen LogP contribution >= 0.6 is 0 Å². The molecule has 4 rings (SSSR count). The highest BCUT2D eigenvalue weighted by Gasteiger charge is 2.03. The summed E-state index contributed by atoms with van der Waals surface area (Å²) in [5.74, 6) is -0.833. The van der Waals surface area contributed by atoms with Crippen LogP contribution in [-0.2, 0) is 4.79 Å². The second-order valence-corrected chi connectivity index (χ2v) is 5.19. The molecule has 0 heterocycles. The number of benzene rings is 4. The maximum atomic E-state index is 9.00. The summed E-state index contributed by atoms with van der Waals surface area (Å²) in [4.78, 5) is 9.00. The van der Waals surface area contributed by atoms with Crippen molar-refractivity contribution in [3.05, 3.63) is 72.8 Å². The topological polar surface area (TPSA) is 37.3 Å². The molecule has 4 aromatic rings. The van der Waals surface area contributed by atoms with Crippen molar-refractivity contribution >= 4 is 38.3 Å². The standard InChI is InChI=1S/C18H12.C2H4O2/c1-3-7-15-13(5-1)9-11-18-16-8-4-2-6-14(16)10-12-17(15)18;1-2(3)4/h1-12H;1H3,(H,3,4). The molecular weight excluding hydrogens is 272 g/mol. The van der Waals surface area contributed by atoms with Crippen LogP contribution in [0.5, 0.6) is 0 Å². The van der Waals surface area contributed by atoms with E-state index in [1.165, 1.54) is 32.3 Å². The van der Waals surface area contributed by atoms with Crippen molar-refractivity contribution in [1.82, 2.24) is 0 Å². The van der Waals surface area contributed by atoms with Gasteiger partial charge < -0.3 is 5.11 Å². The van der Waals surface area contributed by atoms with E-state index in [4.69, 9.17) is 9.90 Å². The van der Waals surface area contributed by atoms with Gasteiger partial charge in [-0.25, -0.2) is 0 Å². The summed E-state index contributed by atoms with van der Waals surface area (Å²) in [7, 11) is 0. The van der Waals surface area contributed by atoms with E-state index in [0.29, 0.717) is 0 Å². The van der Waals surface area contributed by atoms with Crippen LogP contribution in [0.3, 0.4) is 0 Å². The van der Waals surface area contributed by atoms with E-state index in [9.17, 15) is 0 Å². The zero-order valence-electron chi connectivity index (χ0n) is 12.3. The summed E-state index contributed by atoms with van der Waals surface area (Å²) in [5, 5.41) is 15.4. The van der Waals surface area contributed by atoms with Gasteiger partial charge in [0.15, 0.2) is 0 Å². The molecule has 0 saturated carbocycles.